The lowest BCUT2D eigenvalue weighted by Crippen LogP contribution is -2.31. The first-order valence-corrected chi connectivity index (χ1v) is 6.87. The molecule has 0 amide bonds. The van der Waals surface area contributed by atoms with E-state index >= 15 is 0 Å². The first-order chi connectivity index (χ1) is 9.11. The maximum Gasteiger partial charge on any atom is 0.111 e. The summed E-state index contributed by atoms with van der Waals surface area (Å²) in [7, 11) is 0. The summed E-state index contributed by atoms with van der Waals surface area (Å²) >= 11 is 0. The van der Waals surface area contributed by atoms with E-state index in [1.807, 2.05) is 49.6 Å². The molecular weight excluding hydrogens is 236 g/mol. The zero-order chi connectivity index (χ0) is 13.7. The Hall–Kier alpha value is -1.61. The van der Waals surface area contributed by atoms with Crippen LogP contribution in [-0.2, 0) is 19.4 Å². The molecule has 1 aromatic carbocycles. The van der Waals surface area contributed by atoms with Crippen LogP contribution in [-0.4, -0.2) is 20.3 Å². The molecule has 0 saturated heterocycles. The lowest BCUT2D eigenvalue weighted by molar-refractivity contribution is 0.0578. The smallest absolute Gasteiger partial charge is 0.111 e. The number of imidazole rings is 1. The highest BCUT2D eigenvalue weighted by Crippen LogP contribution is 2.18. The van der Waals surface area contributed by atoms with Crippen LogP contribution in [0.15, 0.2) is 42.7 Å². The molecule has 3 heteroatoms. The van der Waals surface area contributed by atoms with Crippen LogP contribution in [0.1, 0.15) is 31.7 Å². The van der Waals surface area contributed by atoms with Crippen molar-refractivity contribution in [3.63, 3.8) is 0 Å². The standard InChI is InChI=1S/C16H22N2O/c1-3-10-18-11-9-17-15(18)13-16(2,19)12-14-7-5-4-6-8-14/h4-9,11,19H,3,10,12-13H2,1-2H3. The Morgan fingerprint density at radius 3 is 2.63 bits per heavy atom. The van der Waals surface area contributed by atoms with E-state index in [-0.39, 0.29) is 0 Å². The fourth-order valence-electron chi connectivity index (χ4n) is 2.39. The van der Waals surface area contributed by atoms with Gasteiger partial charge >= 0.3 is 0 Å². The van der Waals surface area contributed by atoms with Gasteiger partial charge in [-0.15, -0.1) is 0 Å². The summed E-state index contributed by atoms with van der Waals surface area (Å²) in [6.07, 6.45) is 6.09. The van der Waals surface area contributed by atoms with Crippen LogP contribution in [0.2, 0.25) is 0 Å². The normalized spacial score (nSPS) is 14.3. The minimum absolute atomic E-state index is 0.578. The maximum atomic E-state index is 10.6. The number of benzene rings is 1. The van der Waals surface area contributed by atoms with E-state index in [0.717, 1.165) is 24.4 Å². The minimum Gasteiger partial charge on any atom is -0.389 e. The zero-order valence-corrected chi connectivity index (χ0v) is 11.7. The number of nitrogens with zero attached hydrogens (tertiary/aromatic N) is 2. The van der Waals surface area contributed by atoms with Gasteiger partial charge in [0, 0.05) is 31.8 Å². The van der Waals surface area contributed by atoms with Crippen molar-refractivity contribution >= 4 is 0 Å². The fraction of sp³-hybridized carbons (Fsp3) is 0.438. The largest absolute Gasteiger partial charge is 0.389 e. The Labute approximate surface area is 114 Å². The number of aliphatic hydroxyl groups is 1. The molecule has 1 aromatic heterocycles. The highest BCUT2D eigenvalue weighted by Gasteiger charge is 2.23. The lowest BCUT2D eigenvalue weighted by Gasteiger charge is -2.23. The molecule has 0 bridgehead atoms. The topological polar surface area (TPSA) is 38.0 Å². The Morgan fingerprint density at radius 1 is 1.21 bits per heavy atom. The highest BCUT2D eigenvalue weighted by molar-refractivity contribution is 5.17. The molecule has 1 N–H and O–H groups in total. The Bertz CT molecular complexity index is 502. The van der Waals surface area contributed by atoms with Gasteiger partial charge in [-0.1, -0.05) is 37.3 Å². The molecule has 3 nitrogen and oxygen atoms in total. The Morgan fingerprint density at radius 2 is 1.95 bits per heavy atom. The van der Waals surface area contributed by atoms with E-state index in [9.17, 15) is 5.11 Å². The van der Waals surface area contributed by atoms with Crippen LogP contribution >= 0.6 is 0 Å². The van der Waals surface area contributed by atoms with Crippen molar-refractivity contribution in [1.29, 1.82) is 0 Å². The third-order valence-corrected chi connectivity index (χ3v) is 3.23. The van der Waals surface area contributed by atoms with E-state index in [0.29, 0.717) is 12.8 Å². The molecule has 0 saturated carbocycles. The molecule has 0 spiro atoms. The monoisotopic (exact) mass is 258 g/mol. The summed E-state index contributed by atoms with van der Waals surface area (Å²) in [5.74, 6) is 0.961. The van der Waals surface area contributed by atoms with Gasteiger partial charge in [0.25, 0.3) is 0 Å². The van der Waals surface area contributed by atoms with Crippen molar-refractivity contribution in [3.05, 3.63) is 54.1 Å². The molecule has 0 radical (unpaired) electrons. The number of rotatable bonds is 6. The van der Waals surface area contributed by atoms with Crippen molar-refractivity contribution < 1.29 is 5.11 Å². The third-order valence-electron chi connectivity index (χ3n) is 3.23. The number of aryl methyl sites for hydroxylation is 1. The fourth-order valence-corrected chi connectivity index (χ4v) is 2.39. The highest BCUT2D eigenvalue weighted by atomic mass is 16.3. The van der Waals surface area contributed by atoms with E-state index in [1.165, 1.54) is 0 Å². The number of hydrogen-bond acceptors (Lipinski definition) is 2. The average molecular weight is 258 g/mol. The molecule has 1 unspecified atom stereocenters. The van der Waals surface area contributed by atoms with Crippen LogP contribution in [0.5, 0.6) is 0 Å². The Kier molecular flexibility index (Phi) is 4.38. The second-order valence-electron chi connectivity index (χ2n) is 5.37. The molecule has 0 aliphatic rings. The number of aromatic nitrogens is 2. The van der Waals surface area contributed by atoms with Gasteiger partial charge in [0.1, 0.15) is 5.82 Å². The summed E-state index contributed by atoms with van der Waals surface area (Å²) < 4.78 is 2.12. The van der Waals surface area contributed by atoms with E-state index in [2.05, 4.69) is 16.5 Å². The molecule has 102 valence electrons. The SMILES string of the molecule is CCCn1ccnc1CC(C)(O)Cc1ccccc1. The van der Waals surface area contributed by atoms with Gasteiger partial charge in [-0.2, -0.15) is 0 Å². The van der Waals surface area contributed by atoms with Crippen LogP contribution < -0.4 is 0 Å². The molecule has 1 atom stereocenters. The van der Waals surface area contributed by atoms with Crippen LogP contribution in [0, 0.1) is 0 Å². The summed E-state index contributed by atoms with van der Waals surface area (Å²) in [6.45, 7) is 4.98. The summed E-state index contributed by atoms with van der Waals surface area (Å²) in [4.78, 5) is 4.36. The molecule has 0 aliphatic heterocycles. The predicted octanol–water partition coefficient (Wildman–Crippen LogP) is 2.83. The summed E-state index contributed by atoms with van der Waals surface area (Å²) in [5.41, 5.74) is 0.388. The van der Waals surface area contributed by atoms with Gasteiger partial charge in [-0.25, -0.2) is 4.98 Å². The van der Waals surface area contributed by atoms with Crippen LogP contribution in [0.4, 0.5) is 0 Å². The number of hydrogen-bond donors (Lipinski definition) is 1. The van der Waals surface area contributed by atoms with Gasteiger partial charge in [-0.3, -0.25) is 0 Å². The van der Waals surface area contributed by atoms with Crippen molar-refractivity contribution in [2.24, 2.45) is 0 Å². The first-order valence-electron chi connectivity index (χ1n) is 6.87. The van der Waals surface area contributed by atoms with Crippen molar-refractivity contribution in [1.82, 2.24) is 9.55 Å². The second kappa shape index (κ2) is 6.02. The van der Waals surface area contributed by atoms with Gasteiger partial charge < -0.3 is 9.67 Å². The molecule has 2 rings (SSSR count). The lowest BCUT2D eigenvalue weighted by atomic mass is 9.93. The van der Waals surface area contributed by atoms with Gasteiger partial charge in [0.15, 0.2) is 0 Å². The molecule has 0 aliphatic carbocycles. The predicted molar refractivity (Wildman–Crippen MR) is 77.0 cm³/mol. The molecule has 2 aromatic rings. The van der Waals surface area contributed by atoms with Gasteiger partial charge in [0.2, 0.25) is 0 Å². The zero-order valence-electron chi connectivity index (χ0n) is 11.7. The maximum absolute atomic E-state index is 10.6. The molecule has 1 heterocycles. The first kappa shape index (κ1) is 13.8. The molecular formula is C16H22N2O. The average Bonchev–Trinajstić information content (AvgIpc) is 2.77. The van der Waals surface area contributed by atoms with Gasteiger partial charge in [-0.05, 0) is 18.9 Å². The van der Waals surface area contributed by atoms with Crippen LogP contribution in [0.3, 0.4) is 0 Å². The summed E-state index contributed by atoms with van der Waals surface area (Å²) in [5, 5.41) is 10.6. The van der Waals surface area contributed by atoms with Crippen molar-refractivity contribution in [2.45, 2.75) is 45.3 Å². The van der Waals surface area contributed by atoms with Crippen molar-refractivity contribution in [2.75, 3.05) is 0 Å². The molecule has 19 heavy (non-hydrogen) atoms. The molecule has 0 fully saturated rings. The van der Waals surface area contributed by atoms with Gasteiger partial charge in [0.05, 0.1) is 5.60 Å². The quantitative estimate of drug-likeness (QED) is 0.865. The van der Waals surface area contributed by atoms with Crippen molar-refractivity contribution in [3.8, 4) is 0 Å². The summed E-state index contributed by atoms with van der Waals surface area (Å²) in [6, 6.07) is 10.1. The minimum atomic E-state index is -0.766. The van der Waals surface area contributed by atoms with E-state index in [4.69, 9.17) is 0 Å². The Balaban J connectivity index is 2.06. The third kappa shape index (κ3) is 3.93. The van der Waals surface area contributed by atoms with Crippen LogP contribution in [0.25, 0.3) is 0 Å². The van der Waals surface area contributed by atoms with E-state index < -0.39 is 5.60 Å². The second-order valence-corrected chi connectivity index (χ2v) is 5.37. The van der Waals surface area contributed by atoms with E-state index in [1.54, 1.807) is 0 Å².